The number of aliphatic hydroxyl groups excluding tert-OH is 1. The number of ether oxygens (including phenoxy) is 4. The highest BCUT2D eigenvalue weighted by molar-refractivity contribution is 7.47. The Hall–Kier alpha value is -4.54. The molecule has 0 aliphatic carbocycles. The van der Waals surface area contributed by atoms with Gasteiger partial charge in [0.15, 0.2) is 12.2 Å². The Morgan fingerprint density at radius 1 is 0.284 bits per heavy atom. The number of unbranched alkanes of at least 4 members (excludes halogenated alkanes) is 28. The van der Waals surface area contributed by atoms with E-state index in [1.165, 1.54) is 70.6 Å². The normalized spacial score (nSPS) is 14.5. The molecule has 0 rings (SSSR count). The van der Waals surface area contributed by atoms with Crippen molar-refractivity contribution in [3.05, 3.63) is 122 Å². The van der Waals surface area contributed by atoms with Crippen LogP contribution in [-0.4, -0.2) is 96.7 Å². The number of phosphoric acid groups is 2. The predicted octanol–water partition coefficient (Wildman–Crippen LogP) is 23.1. The molecule has 0 aliphatic heterocycles. The first-order valence-electron chi connectivity index (χ1n) is 39.8. The molecule has 19 heteroatoms. The summed E-state index contributed by atoms with van der Waals surface area (Å²) in [4.78, 5) is 73.0. The summed E-state index contributed by atoms with van der Waals surface area (Å²) in [5.74, 6) is -2.23. The maximum absolute atomic E-state index is 13.1. The second kappa shape index (κ2) is 74.7. The molecule has 0 aromatic rings. The molecule has 0 amide bonds. The molecule has 0 saturated heterocycles. The fourth-order valence-electron chi connectivity index (χ4n) is 10.4. The zero-order valence-corrected chi connectivity index (χ0v) is 65.8. The van der Waals surface area contributed by atoms with Gasteiger partial charge in [-0.3, -0.25) is 37.3 Å². The van der Waals surface area contributed by atoms with Crippen LogP contribution in [-0.2, 0) is 65.4 Å². The smallest absolute Gasteiger partial charge is 0.462 e. The van der Waals surface area contributed by atoms with Crippen molar-refractivity contribution in [1.82, 2.24) is 0 Å². The zero-order valence-electron chi connectivity index (χ0n) is 64.0. The molecule has 0 spiro atoms. The number of hydrogen-bond donors (Lipinski definition) is 3. The van der Waals surface area contributed by atoms with E-state index in [2.05, 4.69) is 149 Å². The maximum atomic E-state index is 13.1. The lowest BCUT2D eigenvalue weighted by atomic mass is 10.0. The van der Waals surface area contributed by atoms with Crippen molar-refractivity contribution < 1.29 is 80.2 Å². The van der Waals surface area contributed by atoms with E-state index in [-0.39, 0.29) is 25.7 Å². The summed E-state index contributed by atoms with van der Waals surface area (Å²) in [5, 5.41) is 10.6. The molecule has 586 valence electrons. The zero-order chi connectivity index (χ0) is 74.6. The molecule has 0 aromatic heterocycles. The van der Waals surface area contributed by atoms with Crippen LogP contribution in [0.25, 0.3) is 0 Å². The molecule has 5 atom stereocenters. The molecule has 0 bridgehead atoms. The minimum Gasteiger partial charge on any atom is -0.462 e. The van der Waals surface area contributed by atoms with Crippen LogP contribution in [0.15, 0.2) is 122 Å². The van der Waals surface area contributed by atoms with Gasteiger partial charge in [-0.1, -0.05) is 284 Å². The van der Waals surface area contributed by atoms with Gasteiger partial charge in [0.05, 0.1) is 26.4 Å². The number of allylic oxidation sites excluding steroid dienone is 20. The summed E-state index contributed by atoms with van der Waals surface area (Å²) in [7, 11) is -9.97. The molecule has 0 radical (unpaired) electrons. The predicted molar refractivity (Wildman–Crippen MR) is 418 cm³/mol. The third kappa shape index (κ3) is 73.8. The quantitative estimate of drug-likeness (QED) is 0.0169. The Balaban J connectivity index is 5.41. The second-order valence-electron chi connectivity index (χ2n) is 26.2. The average molecular weight is 1470 g/mol. The number of hydrogen-bond acceptors (Lipinski definition) is 15. The minimum atomic E-state index is -4.99. The highest BCUT2D eigenvalue weighted by Gasteiger charge is 2.30. The summed E-state index contributed by atoms with van der Waals surface area (Å²) in [6.45, 7) is 4.57. The van der Waals surface area contributed by atoms with Crippen molar-refractivity contribution >= 4 is 39.5 Å². The highest BCUT2D eigenvalue weighted by atomic mass is 31.2. The molecular formula is C83H142O17P2. The van der Waals surface area contributed by atoms with Crippen LogP contribution in [0.3, 0.4) is 0 Å². The average Bonchev–Trinajstić information content (AvgIpc) is 0.959. The first kappa shape index (κ1) is 97.5. The van der Waals surface area contributed by atoms with Gasteiger partial charge in [-0.2, -0.15) is 0 Å². The van der Waals surface area contributed by atoms with Gasteiger partial charge in [0.1, 0.15) is 19.3 Å². The van der Waals surface area contributed by atoms with Crippen LogP contribution in [0, 0.1) is 0 Å². The topological polar surface area (TPSA) is 237 Å². The van der Waals surface area contributed by atoms with Crippen LogP contribution < -0.4 is 0 Å². The Morgan fingerprint density at radius 2 is 0.510 bits per heavy atom. The SMILES string of the molecule is CCC=CCC=CCC=CCC=CCCCCCCC(=O)OCC(COP(=O)(O)OCC(O)COP(=O)(O)OCC(COC(=O)CCCCCCCC=CCC=CCCCCC)OC(=O)CCCCCCCCCCCCCCC)OC(=O)CCCCCCC=CCC=CCC=CCC=CCC. The van der Waals surface area contributed by atoms with Gasteiger partial charge in [0.2, 0.25) is 0 Å². The van der Waals surface area contributed by atoms with Crippen LogP contribution in [0.5, 0.6) is 0 Å². The van der Waals surface area contributed by atoms with Crippen molar-refractivity contribution in [2.75, 3.05) is 39.6 Å². The fourth-order valence-corrected chi connectivity index (χ4v) is 12.0. The van der Waals surface area contributed by atoms with Gasteiger partial charge in [-0.15, -0.1) is 0 Å². The summed E-state index contributed by atoms with van der Waals surface area (Å²) in [5.41, 5.74) is 0. The van der Waals surface area contributed by atoms with E-state index in [4.69, 9.17) is 37.0 Å². The molecule has 17 nitrogen and oxygen atoms in total. The number of aliphatic hydroxyl groups is 1. The standard InChI is InChI=1S/C83H142O17P2/c1-5-9-13-17-21-25-29-33-36-38-41-45-48-52-56-60-64-68-81(86)94-74-79(100-83(88)70-66-62-58-54-50-46-42-39-37-34-30-26-22-18-14-10-6-2)76-98-102(91,92)96-72-77(84)71-95-101(89,90)97-75-78(99-82(87)69-65-61-57-53-49-43-32-28-24-20-16-12-8-4)73-93-80(85)67-63-59-55-51-47-44-40-35-31-27-23-19-15-11-7-3/h9-10,13-14,21-23,25-27,33-37,40-42,45-46,77-79,84H,5-8,11-12,15-20,24,28-32,38-39,43-44,47-76H2,1-4H3,(H,89,90)(H,91,92). The van der Waals surface area contributed by atoms with Crippen LogP contribution in [0.2, 0.25) is 0 Å². The lowest BCUT2D eigenvalue weighted by Crippen LogP contribution is -2.30. The van der Waals surface area contributed by atoms with E-state index < -0.39 is 97.5 Å². The lowest BCUT2D eigenvalue weighted by Gasteiger charge is -2.21. The van der Waals surface area contributed by atoms with E-state index in [1.54, 1.807) is 0 Å². The number of esters is 4. The van der Waals surface area contributed by atoms with Gasteiger partial charge < -0.3 is 33.8 Å². The summed E-state index contributed by atoms with van der Waals surface area (Å²) >= 11 is 0. The number of carbonyl (C=O) groups excluding carboxylic acids is 4. The summed E-state index contributed by atoms with van der Waals surface area (Å²) < 4.78 is 68.6. The third-order valence-electron chi connectivity index (χ3n) is 16.4. The van der Waals surface area contributed by atoms with E-state index >= 15 is 0 Å². The van der Waals surface area contributed by atoms with Gasteiger partial charge >= 0.3 is 39.5 Å². The van der Waals surface area contributed by atoms with E-state index in [0.29, 0.717) is 25.7 Å². The molecule has 0 saturated carbocycles. The van der Waals surface area contributed by atoms with E-state index in [9.17, 15) is 43.2 Å². The molecule has 0 fully saturated rings. The lowest BCUT2D eigenvalue weighted by molar-refractivity contribution is -0.161. The van der Waals surface area contributed by atoms with Gasteiger partial charge in [-0.25, -0.2) is 9.13 Å². The van der Waals surface area contributed by atoms with Crippen LogP contribution in [0.4, 0.5) is 0 Å². The maximum Gasteiger partial charge on any atom is 0.472 e. The number of phosphoric ester groups is 2. The summed E-state index contributed by atoms with van der Waals surface area (Å²) in [6.07, 6.45) is 81.7. The molecule has 0 aromatic carbocycles. The Bertz CT molecular complexity index is 2410. The third-order valence-corrected chi connectivity index (χ3v) is 18.3. The second-order valence-corrected chi connectivity index (χ2v) is 29.2. The molecule has 0 aliphatic rings. The molecule has 0 heterocycles. The summed E-state index contributed by atoms with van der Waals surface area (Å²) in [6, 6.07) is 0. The Morgan fingerprint density at radius 3 is 0.804 bits per heavy atom. The van der Waals surface area contributed by atoms with Gasteiger partial charge in [0, 0.05) is 25.7 Å². The van der Waals surface area contributed by atoms with Crippen LogP contribution >= 0.6 is 15.6 Å². The Kier molecular flexibility index (Phi) is 71.4. The fraction of sp³-hybridized carbons (Fsp3) is 0.711. The first-order valence-corrected chi connectivity index (χ1v) is 42.8. The van der Waals surface area contributed by atoms with Crippen molar-refractivity contribution in [2.24, 2.45) is 0 Å². The molecule has 5 unspecified atom stereocenters. The molecule has 3 N–H and O–H groups in total. The monoisotopic (exact) mass is 1470 g/mol. The van der Waals surface area contributed by atoms with Crippen LogP contribution in [0.1, 0.15) is 323 Å². The highest BCUT2D eigenvalue weighted by Crippen LogP contribution is 2.45. The first-order chi connectivity index (χ1) is 49.7. The van der Waals surface area contributed by atoms with Gasteiger partial charge in [-0.05, 0) is 135 Å². The molecule has 102 heavy (non-hydrogen) atoms. The van der Waals surface area contributed by atoms with Crippen molar-refractivity contribution in [3.63, 3.8) is 0 Å². The van der Waals surface area contributed by atoms with Gasteiger partial charge in [0.25, 0.3) is 0 Å². The molecular weight excluding hydrogens is 1330 g/mol. The number of rotatable bonds is 74. The van der Waals surface area contributed by atoms with Crippen molar-refractivity contribution in [2.45, 2.75) is 341 Å². The van der Waals surface area contributed by atoms with Crippen molar-refractivity contribution in [1.29, 1.82) is 0 Å². The van der Waals surface area contributed by atoms with Crippen molar-refractivity contribution in [3.8, 4) is 0 Å². The van der Waals surface area contributed by atoms with E-state index in [0.717, 1.165) is 173 Å². The number of carbonyl (C=O) groups is 4. The minimum absolute atomic E-state index is 0.0588. The Labute approximate surface area is 619 Å². The largest absolute Gasteiger partial charge is 0.472 e. The van der Waals surface area contributed by atoms with E-state index in [1.807, 2.05) is 0 Å².